The molecule has 2 rings (SSSR count). The summed E-state index contributed by atoms with van der Waals surface area (Å²) in [5.41, 5.74) is 4.17. The summed E-state index contributed by atoms with van der Waals surface area (Å²) in [5.74, 6) is -0.199. The summed E-state index contributed by atoms with van der Waals surface area (Å²) >= 11 is 0. The summed E-state index contributed by atoms with van der Waals surface area (Å²) in [6, 6.07) is 9.19. The minimum atomic E-state index is -0.479. The molecule has 0 aliphatic heterocycles. The van der Waals surface area contributed by atoms with Crippen molar-refractivity contribution in [1.29, 1.82) is 0 Å². The number of phenolic OH excluding ortho intramolecular Hbond substituents is 1. The van der Waals surface area contributed by atoms with E-state index in [2.05, 4.69) is 10.5 Å². The van der Waals surface area contributed by atoms with Gasteiger partial charge in [0.2, 0.25) is 0 Å². The maximum atomic E-state index is 12.7. The van der Waals surface area contributed by atoms with Crippen molar-refractivity contribution in [2.24, 2.45) is 5.10 Å². The van der Waals surface area contributed by atoms with Crippen molar-refractivity contribution in [2.45, 2.75) is 52.4 Å². The van der Waals surface area contributed by atoms with Crippen LogP contribution in [0, 0.1) is 10.1 Å². The van der Waals surface area contributed by atoms with Gasteiger partial charge in [0.25, 0.3) is 11.6 Å². The molecule has 0 heterocycles. The molecule has 0 unspecified atom stereocenters. The standard InChI is InChI=1S/C22H27N3O4/c1-21(2,3)17-11-15(12-18(19(17)26)22(4,5)6)20(27)24-23-13-14-7-9-16(10-8-14)25(28)29/h7-13,26H,1-6H3,(H,24,27). The maximum absolute atomic E-state index is 12.7. The zero-order valence-electron chi connectivity index (χ0n) is 17.6. The van der Waals surface area contributed by atoms with Gasteiger partial charge in [0.1, 0.15) is 5.75 Å². The summed E-state index contributed by atoms with van der Waals surface area (Å²) < 4.78 is 0. The van der Waals surface area contributed by atoms with Gasteiger partial charge in [-0.25, -0.2) is 5.43 Å². The number of carbonyl (C=O) groups excluding carboxylic acids is 1. The van der Waals surface area contributed by atoms with Crippen LogP contribution >= 0.6 is 0 Å². The first-order chi connectivity index (χ1) is 13.3. The van der Waals surface area contributed by atoms with Gasteiger partial charge in [-0.2, -0.15) is 5.10 Å². The van der Waals surface area contributed by atoms with E-state index in [-0.39, 0.29) is 22.3 Å². The van der Waals surface area contributed by atoms with Gasteiger partial charge in [-0.1, -0.05) is 41.5 Å². The third-order valence-electron chi connectivity index (χ3n) is 4.47. The number of nitrogens with one attached hydrogen (secondary N) is 1. The SMILES string of the molecule is CC(C)(C)c1cc(C(=O)NN=Cc2ccc([N+](=O)[O-])cc2)cc(C(C)(C)C)c1O. The molecule has 1 amide bonds. The van der Waals surface area contributed by atoms with Gasteiger partial charge >= 0.3 is 0 Å². The van der Waals surface area contributed by atoms with Crippen LogP contribution < -0.4 is 5.43 Å². The first kappa shape index (κ1) is 22.1. The van der Waals surface area contributed by atoms with Crippen molar-refractivity contribution in [3.63, 3.8) is 0 Å². The Labute approximate surface area is 170 Å². The second-order valence-corrected chi connectivity index (χ2v) is 8.97. The molecule has 154 valence electrons. The van der Waals surface area contributed by atoms with E-state index in [0.717, 1.165) is 0 Å². The number of hydrazone groups is 1. The van der Waals surface area contributed by atoms with Crippen molar-refractivity contribution in [1.82, 2.24) is 5.43 Å². The number of phenols is 1. The molecule has 0 spiro atoms. The maximum Gasteiger partial charge on any atom is 0.271 e. The second kappa shape index (κ2) is 8.03. The molecule has 0 aromatic heterocycles. The highest BCUT2D eigenvalue weighted by Gasteiger charge is 2.27. The highest BCUT2D eigenvalue weighted by Crippen LogP contribution is 2.39. The van der Waals surface area contributed by atoms with E-state index in [4.69, 9.17) is 0 Å². The largest absolute Gasteiger partial charge is 0.507 e. The Bertz CT molecular complexity index is 914. The molecular weight excluding hydrogens is 370 g/mol. The van der Waals surface area contributed by atoms with Crippen molar-refractivity contribution >= 4 is 17.8 Å². The number of hydrogen-bond donors (Lipinski definition) is 2. The van der Waals surface area contributed by atoms with Crippen molar-refractivity contribution in [3.05, 3.63) is 68.8 Å². The smallest absolute Gasteiger partial charge is 0.271 e. The summed E-state index contributed by atoms with van der Waals surface area (Å²) in [4.78, 5) is 22.9. The predicted octanol–water partition coefficient (Wildman–Crippen LogP) is 4.66. The fourth-order valence-electron chi connectivity index (χ4n) is 2.82. The number of carbonyl (C=O) groups is 1. The van der Waals surface area contributed by atoms with Gasteiger partial charge in [-0.3, -0.25) is 14.9 Å². The van der Waals surface area contributed by atoms with Gasteiger partial charge < -0.3 is 5.11 Å². The average molecular weight is 397 g/mol. The summed E-state index contributed by atoms with van der Waals surface area (Å²) in [7, 11) is 0. The first-order valence-corrected chi connectivity index (χ1v) is 9.26. The van der Waals surface area contributed by atoms with E-state index >= 15 is 0 Å². The molecule has 0 atom stereocenters. The fourth-order valence-corrected chi connectivity index (χ4v) is 2.82. The second-order valence-electron chi connectivity index (χ2n) is 8.97. The number of non-ortho nitro benzene ring substituents is 1. The minimum Gasteiger partial charge on any atom is -0.507 e. The van der Waals surface area contributed by atoms with Crippen LogP contribution in [0.5, 0.6) is 5.75 Å². The lowest BCUT2D eigenvalue weighted by molar-refractivity contribution is -0.384. The van der Waals surface area contributed by atoms with Gasteiger partial charge in [0, 0.05) is 28.8 Å². The van der Waals surface area contributed by atoms with Crippen molar-refractivity contribution < 1.29 is 14.8 Å². The Morgan fingerprint density at radius 2 is 1.52 bits per heavy atom. The van der Waals surface area contributed by atoms with Crippen LogP contribution in [0.3, 0.4) is 0 Å². The molecule has 0 aliphatic carbocycles. The van der Waals surface area contributed by atoms with Gasteiger partial charge in [0.05, 0.1) is 11.1 Å². The van der Waals surface area contributed by atoms with Gasteiger partial charge in [-0.15, -0.1) is 0 Å². The Morgan fingerprint density at radius 1 is 1.03 bits per heavy atom. The van der Waals surface area contributed by atoms with Crippen LogP contribution in [0.4, 0.5) is 5.69 Å². The van der Waals surface area contributed by atoms with Gasteiger partial charge in [0.15, 0.2) is 0 Å². The zero-order chi connectivity index (χ0) is 22.0. The molecule has 0 fully saturated rings. The highest BCUT2D eigenvalue weighted by molar-refractivity contribution is 5.95. The van der Waals surface area contributed by atoms with Crippen LogP contribution in [-0.2, 0) is 10.8 Å². The molecule has 0 radical (unpaired) electrons. The number of amides is 1. The lowest BCUT2D eigenvalue weighted by atomic mass is 9.78. The number of benzene rings is 2. The van der Waals surface area contributed by atoms with Crippen molar-refractivity contribution in [3.8, 4) is 5.75 Å². The van der Waals surface area contributed by atoms with Crippen LogP contribution in [0.25, 0.3) is 0 Å². The van der Waals surface area contributed by atoms with E-state index < -0.39 is 10.8 Å². The highest BCUT2D eigenvalue weighted by atomic mass is 16.6. The molecule has 0 bridgehead atoms. The molecule has 2 aromatic rings. The van der Waals surface area contributed by atoms with E-state index in [1.165, 1.54) is 18.3 Å². The van der Waals surface area contributed by atoms with Crippen LogP contribution in [0.2, 0.25) is 0 Å². The summed E-state index contributed by atoms with van der Waals surface area (Å²) in [6.45, 7) is 11.9. The number of hydrogen-bond acceptors (Lipinski definition) is 5. The Morgan fingerprint density at radius 3 is 1.93 bits per heavy atom. The van der Waals surface area contributed by atoms with Crippen LogP contribution in [0.15, 0.2) is 41.5 Å². The normalized spacial score (nSPS) is 12.2. The molecule has 2 aromatic carbocycles. The average Bonchev–Trinajstić information content (AvgIpc) is 2.60. The lowest BCUT2D eigenvalue weighted by Gasteiger charge is -2.28. The lowest BCUT2D eigenvalue weighted by Crippen LogP contribution is -2.22. The number of aromatic hydroxyl groups is 1. The Kier molecular flexibility index (Phi) is 6.11. The summed E-state index contributed by atoms with van der Waals surface area (Å²) in [5, 5.41) is 25.4. The van der Waals surface area contributed by atoms with Crippen LogP contribution in [0.1, 0.15) is 68.6 Å². The Balaban J connectivity index is 2.29. The van der Waals surface area contributed by atoms with E-state index in [1.807, 2.05) is 41.5 Å². The fraction of sp³-hybridized carbons (Fsp3) is 0.364. The van der Waals surface area contributed by atoms with E-state index in [9.17, 15) is 20.0 Å². The molecule has 0 saturated carbocycles. The van der Waals surface area contributed by atoms with E-state index in [0.29, 0.717) is 22.3 Å². The molecule has 2 N–H and O–H groups in total. The van der Waals surface area contributed by atoms with Gasteiger partial charge in [-0.05, 0) is 40.7 Å². The number of rotatable bonds is 4. The molecular formula is C22H27N3O4. The van der Waals surface area contributed by atoms with Crippen LogP contribution in [-0.4, -0.2) is 22.2 Å². The molecule has 0 saturated heterocycles. The quantitative estimate of drug-likeness (QED) is 0.445. The van der Waals surface area contributed by atoms with Crippen molar-refractivity contribution in [2.75, 3.05) is 0 Å². The van der Waals surface area contributed by atoms with E-state index in [1.54, 1.807) is 24.3 Å². The third-order valence-corrected chi connectivity index (χ3v) is 4.47. The Hall–Kier alpha value is -3.22. The molecule has 7 nitrogen and oxygen atoms in total. The number of nitro groups is 1. The molecule has 0 aliphatic rings. The number of nitrogens with zero attached hydrogens (tertiary/aromatic N) is 2. The first-order valence-electron chi connectivity index (χ1n) is 9.26. The predicted molar refractivity (Wildman–Crippen MR) is 114 cm³/mol. The minimum absolute atomic E-state index is 0.0142. The molecule has 7 heteroatoms. The monoisotopic (exact) mass is 397 g/mol. The summed E-state index contributed by atoms with van der Waals surface area (Å²) in [6.07, 6.45) is 1.41. The molecule has 29 heavy (non-hydrogen) atoms. The zero-order valence-corrected chi connectivity index (χ0v) is 17.6. The topological polar surface area (TPSA) is 105 Å². The third kappa shape index (κ3) is 5.40. The number of nitro benzene ring substituents is 1.